The number of rotatable bonds is 2. The van der Waals surface area contributed by atoms with Gasteiger partial charge in [0.1, 0.15) is 5.82 Å². The SMILES string of the molecule is N#CC1CCC(=O)N(Cc2ccc(F)cc2)C1. The minimum absolute atomic E-state index is 0.0702. The molecule has 3 nitrogen and oxygen atoms in total. The van der Waals surface area contributed by atoms with E-state index >= 15 is 0 Å². The van der Waals surface area contributed by atoms with Gasteiger partial charge in [0, 0.05) is 19.5 Å². The summed E-state index contributed by atoms with van der Waals surface area (Å²) in [7, 11) is 0. The van der Waals surface area contributed by atoms with E-state index in [2.05, 4.69) is 6.07 Å². The molecule has 1 atom stereocenters. The Morgan fingerprint density at radius 3 is 2.76 bits per heavy atom. The summed E-state index contributed by atoms with van der Waals surface area (Å²) < 4.78 is 12.7. The highest BCUT2D eigenvalue weighted by Crippen LogP contribution is 2.19. The van der Waals surface area contributed by atoms with E-state index in [1.807, 2.05) is 0 Å². The molecule has 1 heterocycles. The number of amides is 1. The van der Waals surface area contributed by atoms with Gasteiger partial charge >= 0.3 is 0 Å². The second-order valence-electron chi connectivity index (χ2n) is 4.27. The molecule has 0 bridgehead atoms. The molecule has 2 rings (SSSR count). The molecule has 17 heavy (non-hydrogen) atoms. The van der Waals surface area contributed by atoms with Gasteiger partial charge in [-0.2, -0.15) is 5.26 Å². The maximum absolute atomic E-state index is 12.7. The molecule has 0 N–H and O–H groups in total. The maximum atomic E-state index is 12.7. The number of piperidine rings is 1. The molecule has 0 saturated carbocycles. The Balaban J connectivity index is 2.04. The van der Waals surface area contributed by atoms with Crippen molar-refractivity contribution in [3.63, 3.8) is 0 Å². The number of carbonyl (C=O) groups is 1. The smallest absolute Gasteiger partial charge is 0.222 e. The van der Waals surface area contributed by atoms with Crippen LogP contribution in [-0.2, 0) is 11.3 Å². The lowest BCUT2D eigenvalue weighted by molar-refractivity contribution is -0.134. The van der Waals surface area contributed by atoms with Crippen LogP contribution >= 0.6 is 0 Å². The Morgan fingerprint density at radius 2 is 2.12 bits per heavy atom. The number of halogens is 1. The highest BCUT2D eigenvalue weighted by molar-refractivity contribution is 5.77. The Kier molecular flexibility index (Phi) is 3.38. The van der Waals surface area contributed by atoms with Crippen molar-refractivity contribution in [2.24, 2.45) is 5.92 Å². The zero-order valence-corrected chi connectivity index (χ0v) is 9.40. The monoisotopic (exact) mass is 232 g/mol. The van der Waals surface area contributed by atoms with Crippen LogP contribution in [0.15, 0.2) is 24.3 Å². The zero-order chi connectivity index (χ0) is 12.3. The van der Waals surface area contributed by atoms with Crippen LogP contribution in [0.4, 0.5) is 4.39 Å². The van der Waals surface area contributed by atoms with E-state index in [1.54, 1.807) is 17.0 Å². The Labute approximate surface area is 99.5 Å². The summed E-state index contributed by atoms with van der Waals surface area (Å²) >= 11 is 0. The van der Waals surface area contributed by atoms with Crippen LogP contribution in [0.1, 0.15) is 18.4 Å². The second-order valence-corrected chi connectivity index (χ2v) is 4.27. The van der Waals surface area contributed by atoms with Crippen molar-refractivity contribution in [1.29, 1.82) is 5.26 Å². The molecular formula is C13H13FN2O. The molecule has 0 radical (unpaired) electrons. The van der Waals surface area contributed by atoms with Gasteiger partial charge in [0.05, 0.1) is 12.0 Å². The van der Waals surface area contributed by atoms with Crippen LogP contribution < -0.4 is 0 Å². The predicted octanol–water partition coefficient (Wildman–Crippen LogP) is 2.09. The second kappa shape index (κ2) is 4.96. The molecule has 1 amide bonds. The van der Waals surface area contributed by atoms with Gasteiger partial charge in [-0.05, 0) is 24.1 Å². The van der Waals surface area contributed by atoms with Crippen LogP contribution in [0.2, 0.25) is 0 Å². The Morgan fingerprint density at radius 1 is 1.41 bits per heavy atom. The van der Waals surface area contributed by atoms with Crippen LogP contribution in [0.3, 0.4) is 0 Å². The molecule has 1 aliphatic heterocycles. The van der Waals surface area contributed by atoms with Crippen molar-refractivity contribution in [3.05, 3.63) is 35.6 Å². The van der Waals surface area contributed by atoms with Crippen LogP contribution in [0, 0.1) is 23.1 Å². The van der Waals surface area contributed by atoms with Crippen molar-refractivity contribution in [2.75, 3.05) is 6.54 Å². The number of hydrogen-bond donors (Lipinski definition) is 0. The number of benzene rings is 1. The predicted molar refractivity (Wildman–Crippen MR) is 60.2 cm³/mol. The van der Waals surface area contributed by atoms with Crippen molar-refractivity contribution in [2.45, 2.75) is 19.4 Å². The summed E-state index contributed by atoms with van der Waals surface area (Å²) in [5, 5.41) is 8.86. The third-order valence-electron chi connectivity index (χ3n) is 2.97. The van der Waals surface area contributed by atoms with Gasteiger partial charge in [-0.25, -0.2) is 4.39 Å². The van der Waals surface area contributed by atoms with Crippen LogP contribution in [0.25, 0.3) is 0 Å². The molecule has 0 aliphatic carbocycles. The Hall–Kier alpha value is -1.89. The van der Waals surface area contributed by atoms with Crippen molar-refractivity contribution >= 4 is 5.91 Å². The van der Waals surface area contributed by atoms with Crippen molar-refractivity contribution < 1.29 is 9.18 Å². The minimum atomic E-state index is -0.284. The fourth-order valence-electron chi connectivity index (χ4n) is 1.98. The first-order valence-electron chi connectivity index (χ1n) is 5.61. The third-order valence-corrected chi connectivity index (χ3v) is 2.97. The molecule has 0 aromatic heterocycles. The van der Waals surface area contributed by atoms with Gasteiger partial charge in [-0.3, -0.25) is 4.79 Å². The summed E-state index contributed by atoms with van der Waals surface area (Å²) in [6.07, 6.45) is 1.08. The average molecular weight is 232 g/mol. The third kappa shape index (κ3) is 2.82. The highest BCUT2D eigenvalue weighted by atomic mass is 19.1. The lowest BCUT2D eigenvalue weighted by Gasteiger charge is -2.29. The molecule has 1 aromatic rings. The number of carbonyl (C=O) groups excluding carboxylic acids is 1. The molecule has 4 heteroatoms. The van der Waals surface area contributed by atoms with E-state index in [9.17, 15) is 9.18 Å². The molecule has 0 spiro atoms. The van der Waals surface area contributed by atoms with E-state index in [0.29, 0.717) is 25.9 Å². The van der Waals surface area contributed by atoms with E-state index in [0.717, 1.165) is 5.56 Å². The summed E-state index contributed by atoms with van der Waals surface area (Å²) in [4.78, 5) is 13.3. The van der Waals surface area contributed by atoms with E-state index in [4.69, 9.17) is 5.26 Å². The zero-order valence-electron chi connectivity index (χ0n) is 9.40. The molecule has 1 fully saturated rings. The van der Waals surface area contributed by atoms with Gasteiger partial charge < -0.3 is 4.90 Å². The fourth-order valence-corrected chi connectivity index (χ4v) is 1.98. The number of nitrogens with zero attached hydrogens (tertiary/aromatic N) is 2. The quantitative estimate of drug-likeness (QED) is 0.783. The maximum Gasteiger partial charge on any atom is 0.222 e. The van der Waals surface area contributed by atoms with E-state index in [1.165, 1.54) is 12.1 Å². The first kappa shape index (κ1) is 11.6. The van der Waals surface area contributed by atoms with Crippen LogP contribution in [0.5, 0.6) is 0 Å². The van der Waals surface area contributed by atoms with Gasteiger partial charge in [0.15, 0.2) is 0 Å². The first-order valence-corrected chi connectivity index (χ1v) is 5.61. The van der Waals surface area contributed by atoms with E-state index < -0.39 is 0 Å². The summed E-state index contributed by atoms with van der Waals surface area (Å²) in [5.74, 6) is -0.289. The molecular weight excluding hydrogens is 219 g/mol. The minimum Gasteiger partial charge on any atom is -0.337 e. The molecule has 1 unspecified atom stereocenters. The lowest BCUT2D eigenvalue weighted by atomic mass is 9.98. The van der Waals surface area contributed by atoms with Crippen LogP contribution in [-0.4, -0.2) is 17.4 Å². The fraction of sp³-hybridized carbons (Fsp3) is 0.385. The largest absolute Gasteiger partial charge is 0.337 e. The molecule has 1 saturated heterocycles. The van der Waals surface area contributed by atoms with Crippen molar-refractivity contribution in [1.82, 2.24) is 4.90 Å². The molecule has 88 valence electrons. The van der Waals surface area contributed by atoms with E-state index in [-0.39, 0.29) is 17.6 Å². The van der Waals surface area contributed by atoms with Crippen molar-refractivity contribution in [3.8, 4) is 6.07 Å². The summed E-state index contributed by atoms with van der Waals surface area (Å²) in [6, 6.07) is 8.29. The molecule has 1 aliphatic rings. The number of hydrogen-bond acceptors (Lipinski definition) is 2. The highest BCUT2D eigenvalue weighted by Gasteiger charge is 2.25. The Bertz CT molecular complexity index is 449. The average Bonchev–Trinajstić information content (AvgIpc) is 2.35. The normalized spacial score (nSPS) is 20.1. The molecule has 1 aromatic carbocycles. The number of nitriles is 1. The van der Waals surface area contributed by atoms with Gasteiger partial charge in [0.2, 0.25) is 5.91 Å². The topological polar surface area (TPSA) is 44.1 Å². The number of likely N-dealkylation sites (tertiary alicyclic amines) is 1. The lowest BCUT2D eigenvalue weighted by Crippen LogP contribution is -2.38. The van der Waals surface area contributed by atoms with Gasteiger partial charge in [-0.15, -0.1) is 0 Å². The van der Waals surface area contributed by atoms with Gasteiger partial charge in [-0.1, -0.05) is 12.1 Å². The standard InChI is InChI=1S/C13H13FN2O/c14-12-4-1-10(2-5-12)8-16-9-11(7-15)3-6-13(16)17/h1-2,4-5,11H,3,6,8-9H2. The van der Waals surface area contributed by atoms with Gasteiger partial charge in [0.25, 0.3) is 0 Å². The first-order chi connectivity index (χ1) is 8.19. The summed E-state index contributed by atoms with van der Waals surface area (Å²) in [5.41, 5.74) is 0.887. The summed E-state index contributed by atoms with van der Waals surface area (Å²) in [6.45, 7) is 0.935.